The van der Waals surface area contributed by atoms with Crippen molar-refractivity contribution in [3.8, 4) is 22.6 Å². The summed E-state index contributed by atoms with van der Waals surface area (Å²) >= 11 is 0. The van der Waals surface area contributed by atoms with Gasteiger partial charge < -0.3 is 27.9 Å². The summed E-state index contributed by atoms with van der Waals surface area (Å²) in [5.74, 6) is 2.89. The lowest BCUT2D eigenvalue weighted by molar-refractivity contribution is 0.0879. The predicted octanol–water partition coefficient (Wildman–Crippen LogP) is 8.77. The topological polar surface area (TPSA) is 55.4 Å². The SMILES string of the molecule is CCCCC(CC)CC1(CC(CC)CCCC)c2cc(OB3OCCCO3)ccc2-c2ccc(OB3OCCCO3)cc21. The monoisotopic (exact) mass is 590 g/mol. The van der Waals surface area contributed by atoms with Crippen LogP contribution in [0.2, 0.25) is 0 Å². The normalized spacial score (nSPS) is 19.1. The molecule has 0 aromatic heterocycles. The zero-order valence-electron chi connectivity index (χ0n) is 27.0. The second kappa shape index (κ2) is 15.8. The average Bonchev–Trinajstić information content (AvgIpc) is 3.30. The standard InChI is InChI=1S/C35H52B2O6/c1-5-9-13-27(7-3)25-35(26-28(8-4)14-10-6-2)33-23-29(42-36-38-19-11-20-39-36)15-17-31(33)32-18-16-30(24-34(32)35)43-37-40-21-12-22-41-37/h15-18,23-24,27-28H,5-14,19-22,25-26H2,1-4H3. The Balaban J connectivity index is 1.59. The third-order valence-corrected chi connectivity index (χ3v) is 9.72. The maximum absolute atomic E-state index is 6.29. The van der Waals surface area contributed by atoms with Crippen LogP contribution in [0.15, 0.2) is 36.4 Å². The van der Waals surface area contributed by atoms with Gasteiger partial charge in [-0.15, -0.1) is 0 Å². The minimum atomic E-state index is -0.652. The van der Waals surface area contributed by atoms with Gasteiger partial charge in [0.05, 0.1) is 0 Å². The molecule has 0 spiro atoms. The van der Waals surface area contributed by atoms with Crippen molar-refractivity contribution < 1.29 is 27.9 Å². The predicted molar refractivity (Wildman–Crippen MR) is 174 cm³/mol. The van der Waals surface area contributed by atoms with E-state index in [1.165, 1.54) is 73.6 Å². The van der Waals surface area contributed by atoms with Gasteiger partial charge in [-0.2, -0.15) is 0 Å². The summed E-state index contributed by atoms with van der Waals surface area (Å²) in [6.07, 6.45) is 13.9. The van der Waals surface area contributed by atoms with Crippen LogP contribution < -0.4 is 9.31 Å². The highest BCUT2D eigenvalue weighted by Crippen LogP contribution is 2.57. The third-order valence-electron chi connectivity index (χ3n) is 9.72. The van der Waals surface area contributed by atoms with Gasteiger partial charge in [0.25, 0.3) is 0 Å². The maximum atomic E-state index is 6.29. The van der Waals surface area contributed by atoms with Crippen molar-refractivity contribution in [1.82, 2.24) is 0 Å². The van der Waals surface area contributed by atoms with Gasteiger partial charge in [0.2, 0.25) is 0 Å². The molecule has 234 valence electrons. The minimum absolute atomic E-state index is 0.144. The second-order valence-electron chi connectivity index (χ2n) is 12.7. The molecule has 2 aliphatic heterocycles. The van der Waals surface area contributed by atoms with Crippen LogP contribution in [0.1, 0.15) is 116 Å². The Labute approximate surface area is 260 Å². The first-order valence-electron chi connectivity index (χ1n) is 17.2. The van der Waals surface area contributed by atoms with Crippen LogP contribution in [0, 0.1) is 11.8 Å². The molecule has 0 N–H and O–H groups in total. The molecule has 1 aliphatic carbocycles. The summed E-state index contributed by atoms with van der Waals surface area (Å²) in [5, 5.41) is 0. The number of benzene rings is 2. The van der Waals surface area contributed by atoms with E-state index in [-0.39, 0.29) is 5.41 Å². The van der Waals surface area contributed by atoms with Gasteiger partial charge in [0, 0.05) is 31.8 Å². The molecular weight excluding hydrogens is 538 g/mol. The molecule has 2 fully saturated rings. The van der Waals surface area contributed by atoms with E-state index in [0.717, 1.165) is 37.2 Å². The molecule has 0 amide bonds. The van der Waals surface area contributed by atoms with E-state index in [4.69, 9.17) is 27.9 Å². The van der Waals surface area contributed by atoms with Crippen molar-refractivity contribution >= 4 is 14.6 Å². The summed E-state index contributed by atoms with van der Waals surface area (Å²) in [6, 6.07) is 13.3. The number of fused-ring (bicyclic) bond motifs is 3. The second-order valence-corrected chi connectivity index (χ2v) is 12.7. The van der Waals surface area contributed by atoms with Gasteiger partial charge in [-0.05, 0) is 84.0 Å². The molecule has 8 heteroatoms. The smallest absolute Gasteiger partial charge is 0.512 e. The van der Waals surface area contributed by atoms with Gasteiger partial charge in [-0.3, -0.25) is 0 Å². The number of rotatable bonds is 16. The molecule has 43 heavy (non-hydrogen) atoms. The van der Waals surface area contributed by atoms with E-state index in [1.807, 2.05) is 0 Å². The quantitative estimate of drug-likeness (QED) is 0.182. The van der Waals surface area contributed by atoms with E-state index in [0.29, 0.717) is 38.3 Å². The van der Waals surface area contributed by atoms with Crippen LogP contribution >= 0.6 is 0 Å². The number of unbranched alkanes of at least 4 members (excludes halogenated alkanes) is 2. The number of hydrogen-bond donors (Lipinski definition) is 0. The Hall–Kier alpha value is -1.99. The van der Waals surface area contributed by atoms with E-state index < -0.39 is 14.6 Å². The molecule has 0 saturated carbocycles. The van der Waals surface area contributed by atoms with Crippen molar-refractivity contribution in [2.45, 2.75) is 110 Å². The zero-order chi connectivity index (χ0) is 30.1. The lowest BCUT2D eigenvalue weighted by Gasteiger charge is -2.39. The lowest BCUT2D eigenvalue weighted by Crippen LogP contribution is -2.36. The van der Waals surface area contributed by atoms with Gasteiger partial charge in [0.1, 0.15) is 11.5 Å². The molecule has 0 bridgehead atoms. The molecule has 2 saturated heterocycles. The summed E-state index contributed by atoms with van der Waals surface area (Å²) < 4.78 is 35.7. The van der Waals surface area contributed by atoms with Crippen LogP contribution in [0.4, 0.5) is 0 Å². The summed E-state index contributed by atoms with van der Waals surface area (Å²) in [4.78, 5) is 0. The highest BCUT2D eigenvalue weighted by Gasteiger charge is 2.46. The van der Waals surface area contributed by atoms with Gasteiger partial charge >= 0.3 is 14.6 Å². The molecule has 2 heterocycles. The van der Waals surface area contributed by atoms with E-state index in [9.17, 15) is 0 Å². The summed E-state index contributed by atoms with van der Waals surface area (Å²) in [7, 11) is -1.30. The molecule has 0 radical (unpaired) electrons. The van der Waals surface area contributed by atoms with Crippen LogP contribution in [0.25, 0.3) is 11.1 Å². The molecule has 3 aliphatic rings. The van der Waals surface area contributed by atoms with Crippen molar-refractivity contribution in [3.63, 3.8) is 0 Å². The minimum Gasteiger partial charge on any atom is -0.512 e. The van der Waals surface area contributed by atoms with Gasteiger partial charge in [-0.1, -0.05) is 91.2 Å². The summed E-state index contributed by atoms with van der Waals surface area (Å²) in [6.45, 7) is 12.0. The van der Waals surface area contributed by atoms with E-state index in [1.54, 1.807) is 0 Å². The maximum Gasteiger partial charge on any atom is 0.713 e. The van der Waals surface area contributed by atoms with Crippen molar-refractivity contribution in [2.24, 2.45) is 11.8 Å². The molecule has 2 aromatic carbocycles. The summed E-state index contributed by atoms with van der Waals surface area (Å²) in [5.41, 5.74) is 5.22. The number of hydrogen-bond acceptors (Lipinski definition) is 6. The third kappa shape index (κ3) is 7.81. The van der Waals surface area contributed by atoms with Gasteiger partial charge in [0.15, 0.2) is 0 Å². The van der Waals surface area contributed by atoms with Crippen molar-refractivity contribution in [2.75, 3.05) is 26.4 Å². The fourth-order valence-corrected chi connectivity index (χ4v) is 7.29. The van der Waals surface area contributed by atoms with Crippen LogP contribution in [-0.4, -0.2) is 41.1 Å². The Kier molecular flexibility index (Phi) is 11.9. The highest BCUT2D eigenvalue weighted by molar-refractivity contribution is 6.38. The molecule has 6 nitrogen and oxygen atoms in total. The molecule has 5 rings (SSSR count). The van der Waals surface area contributed by atoms with Crippen molar-refractivity contribution in [1.29, 1.82) is 0 Å². The molecular formula is C35H52B2O6. The first-order chi connectivity index (χ1) is 21.1. The average molecular weight is 590 g/mol. The Morgan fingerprint density at radius 1 is 0.651 bits per heavy atom. The molecule has 2 unspecified atom stereocenters. The van der Waals surface area contributed by atoms with Gasteiger partial charge in [-0.25, -0.2) is 0 Å². The fraction of sp³-hybridized carbons (Fsp3) is 0.657. The van der Waals surface area contributed by atoms with Crippen LogP contribution in [-0.2, 0) is 24.0 Å². The lowest BCUT2D eigenvalue weighted by atomic mass is 9.65. The Morgan fingerprint density at radius 2 is 1.07 bits per heavy atom. The van der Waals surface area contributed by atoms with Crippen molar-refractivity contribution in [3.05, 3.63) is 47.5 Å². The molecule has 2 atom stereocenters. The van der Waals surface area contributed by atoms with Crippen LogP contribution in [0.5, 0.6) is 11.5 Å². The molecule has 2 aromatic rings. The Morgan fingerprint density at radius 3 is 1.44 bits per heavy atom. The first-order valence-corrected chi connectivity index (χ1v) is 17.2. The van der Waals surface area contributed by atoms with E-state index >= 15 is 0 Å². The van der Waals surface area contributed by atoms with E-state index in [2.05, 4.69) is 64.1 Å². The zero-order valence-corrected chi connectivity index (χ0v) is 27.0. The van der Waals surface area contributed by atoms with Crippen LogP contribution in [0.3, 0.4) is 0 Å². The highest BCUT2D eigenvalue weighted by atomic mass is 16.7. The largest absolute Gasteiger partial charge is 0.713 e. The fourth-order valence-electron chi connectivity index (χ4n) is 7.29. The first kappa shape index (κ1) is 32.4. The Bertz CT molecular complexity index is 1060.